The molecule has 1 aliphatic rings. The number of allylic oxidation sites excluding steroid dienone is 2. The van der Waals surface area contributed by atoms with E-state index in [1.165, 1.54) is 9.28 Å². The Balaban J connectivity index is 2.69. The van der Waals surface area contributed by atoms with E-state index in [2.05, 4.69) is 47.0 Å². The molecule has 1 nitrogen and oxygen atoms in total. The Morgan fingerprint density at radius 3 is 2.88 bits per heavy atom. The third kappa shape index (κ3) is 1.51. The molecule has 0 aromatic heterocycles. The van der Waals surface area contributed by atoms with E-state index in [1.807, 2.05) is 0 Å². The highest BCUT2D eigenvalue weighted by Gasteiger charge is 1.94. The maximum Gasteiger partial charge on any atom is 0.0736 e. The van der Waals surface area contributed by atoms with Gasteiger partial charge in [0.2, 0.25) is 0 Å². The number of dihydropyridines is 1. The minimum absolute atomic E-state index is 0.987. The Labute approximate surface area is 63.0 Å². The molecule has 0 unspecified atom stereocenters. The lowest BCUT2D eigenvalue weighted by atomic mass is 10.2. The molecule has 0 atom stereocenters. The Morgan fingerprint density at radius 2 is 2.50 bits per heavy atom. The molecular formula is C6H8IN. The summed E-state index contributed by atoms with van der Waals surface area (Å²) in [4.78, 5) is 0. The van der Waals surface area contributed by atoms with Crippen LogP contribution in [0.4, 0.5) is 0 Å². The van der Waals surface area contributed by atoms with Gasteiger partial charge in [-0.2, -0.15) is 0 Å². The molecule has 8 heavy (non-hydrogen) atoms. The second kappa shape index (κ2) is 2.53. The van der Waals surface area contributed by atoms with Crippen molar-refractivity contribution in [2.24, 2.45) is 0 Å². The molecule has 1 N–H and O–H groups in total. The van der Waals surface area contributed by atoms with E-state index < -0.39 is 0 Å². The summed E-state index contributed by atoms with van der Waals surface area (Å²) in [5.74, 6) is 0. The molecule has 0 aromatic carbocycles. The van der Waals surface area contributed by atoms with E-state index in [1.54, 1.807) is 0 Å². The zero-order valence-corrected chi connectivity index (χ0v) is 6.90. The molecule has 0 radical (unpaired) electrons. The van der Waals surface area contributed by atoms with Crippen LogP contribution in [0.5, 0.6) is 0 Å². The van der Waals surface area contributed by atoms with Crippen molar-refractivity contribution in [2.45, 2.75) is 6.92 Å². The second-order valence-electron chi connectivity index (χ2n) is 1.82. The van der Waals surface area contributed by atoms with Gasteiger partial charge in [0, 0.05) is 6.54 Å². The molecule has 1 heterocycles. The first kappa shape index (κ1) is 6.13. The summed E-state index contributed by atoms with van der Waals surface area (Å²) in [6.07, 6.45) is 4.30. The first-order valence-electron chi connectivity index (χ1n) is 2.57. The van der Waals surface area contributed by atoms with Gasteiger partial charge >= 0.3 is 0 Å². The molecule has 0 saturated heterocycles. The van der Waals surface area contributed by atoms with Crippen LogP contribution in [0.2, 0.25) is 0 Å². The van der Waals surface area contributed by atoms with Crippen LogP contribution in [0.15, 0.2) is 21.4 Å². The lowest BCUT2D eigenvalue weighted by Gasteiger charge is -2.07. The molecule has 0 aliphatic carbocycles. The maximum atomic E-state index is 3.18. The van der Waals surface area contributed by atoms with Gasteiger partial charge in [0.15, 0.2) is 0 Å². The summed E-state index contributed by atoms with van der Waals surface area (Å²) in [5.41, 5.74) is 1.35. The van der Waals surface area contributed by atoms with Crippen LogP contribution in [0, 0.1) is 0 Å². The Morgan fingerprint density at radius 1 is 1.75 bits per heavy atom. The predicted octanol–water partition coefficient (Wildman–Crippen LogP) is 1.81. The molecule has 2 heteroatoms. The van der Waals surface area contributed by atoms with Crippen molar-refractivity contribution in [1.29, 1.82) is 0 Å². The molecule has 44 valence electrons. The van der Waals surface area contributed by atoms with Crippen molar-refractivity contribution in [2.75, 3.05) is 6.54 Å². The maximum absolute atomic E-state index is 3.18. The molecule has 1 aliphatic heterocycles. The molecule has 0 fully saturated rings. The third-order valence-corrected chi connectivity index (χ3v) is 1.74. The average molecular weight is 221 g/mol. The standard InChI is InChI=1S/C6H8IN/c1-5-2-3-8-6(7)4-5/h2,4,8H,3H2,1H3. The van der Waals surface area contributed by atoms with Crippen molar-refractivity contribution in [1.82, 2.24) is 5.32 Å². The lowest BCUT2D eigenvalue weighted by molar-refractivity contribution is 0.950. The highest BCUT2D eigenvalue weighted by molar-refractivity contribution is 14.1. The average Bonchev–Trinajstić information content (AvgIpc) is 1.64. The topological polar surface area (TPSA) is 12.0 Å². The van der Waals surface area contributed by atoms with Crippen LogP contribution in [0.1, 0.15) is 6.92 Å². The highest BCUT2D eigenvalue weighted by atomic mass is 127. The first-order chi connectivity index (χ1) is 3.79. The predicted molar refractivity (Wildman–Crippen MR) is 43.9 cm³/mol. The van der Waals surface area contributed by atoms with Crippen molar-refractivity contribution < 1.29 is 0 Å². The Kier molecular flexibility index (Phi) is 1.94. The largest absolute Gasteiger partial charge is 0.377 e. The van der Waals surface area contributed by atoms with Gasteiger partial charge in [0.1, 0.15) is 0 Å². The summed E-state index contributed by atoms with van der Waals surface area (Å²) in [6, 6.07) is 0. The van der Waals surface area contributed by atoms with E-state index in [9.17, 15) is 0 Å². The van der Waals surface area contributed by atoms with Crippen LogP contribution >= 0.6 is 22.6 Å². The normalized spacial score (nSPS) is 18.8. The van der Waals surface area contributed by atoms with Gasteiger partial charge in [-0.05, 0) is 35.6 Å². The van der Waals surface area contributed by atoms with E-state index >= 15 is 0 Å². The van der Waals surface area contributed by atoms with E-state index in [0.29, 0.717) is 0 Å². The summed E-state index contributed by atoms with van der Waals surface area (Å²) in [7, 11) is 0. The van der Waals surface area contributed by atoms with Gasteiger partial charge < -0.3 is 5.32 Å². The zero-order valence-electron chi connectivity index (χ0n) is 4.74. The number of halogens is 1. The molecule has 0 bridgehead atoms. The molecule has 0 aromatic rings. The van der Waals surface area contributed by atoms with E-state index in [-0.39, 0.29) is 0 Å². The smallest absolute Gasteiger partial charge is 0.0736 e. The number of rotatable bonds is 0. The van der Waals surface area contributed by atoms with E-state index in [4.69, 9.17) is 0 Å². The molecule has 1 rings (SSSR count). The second-order valence-corrected chi connectivity index (χ2v) is 2.98. The van der Waals surface area contributed by atoms with Crippen molar-refractivity contribution in [3.05, 3.63) is 21.4 Å². The van der Waals surface area contributed by atoms with Gasteiger partial charge in [0.25, 0.3) is 0 Å². The lowest BCUT2D eigenvalue weighted by Crippen LogP contribution is -2.12. The third-order valence-electron chi connectivity index (χ3n) is 1.05. The molecular weight excluding hydrogens is 213 g/mol. The summed E-state index contributed by atoms with van der Waals surface area (Å²) in [5, 5.41) is 3.18. The first-order valence-corrected chi connectivity index (χ1v) is 3.65. The molecule has 0 amide bonds. The minimum atomic E-state index is 0.987. The SMILES string of the molecule is CC1=CCNC(I)=C1. The Hall–Kier alpha value is 0.01000. The van der Waals surface area contributed by atoms with Crippen molar-refractivity contribution in [3.63, 3.8) is 0 Å². The van der Waals surface area contributed by atoms with E-state index in [0.717, 1.165) is 6.54 Å². The van der Waals surface area contributed by atoms with Crippen molar-refractivity contribution >= 4 is 22.6 Å². The van der Waals surface area contributed by atoms with Crippen LogP contribution < -0.4 is 5.32 Å². The fourth-order valence-electron chi connectivity index (χ4n) is 0.619. The van der Waals surface area contributed by atoms with Gasteiger partial charge in [-0.3, -0.25) is 0 Å². The Bertz CT molecular complexity index is 147. The molecule has 0 spiro atoms. The zero-order chi connectivity index (χ0) is 5.98. The fourth-order valence-corrected chi connectivity index (χ4v) is 1.33. The monoisotopic (exact) mass is 221 g/mol. The quantitative estimate of drug-likeness (QED) is 0.486. The number of nitrogens with one attached hydrogen (secondary N) is 1. The van der Waals surface area contributed by atoms with Crippen LogP contribution in [0.25, 0.3) is 0 Å². The summed E-state index contributed by atoms with van der Waals surface area (Å²) in [6.45, 7) is 3.10. The number of hydrogen-bond acceptors (Lipinski definition) is 1. The molecule has 0 saturated carbocycles. The number of hydrogen-bond donors (Lipinski definition) is 1. The highest BCUT2D eigenvalue weighted by Crippen LogP contribution is 2.09. The fraction of sp³-hybridized carbons (Fsp3) is 0.333. The van der Waals surface area contributed by atoms with Crippen molar-refractivity contribution in [3.8, 4) is 0 Å². The minimum Gasteiger partial charge on any atom is -0.377 e. The van der Waals surface area contributed by atoms with Gasteiger partial charge in [-0.15, -0.1) is 0 Å². The van der Waals surface area contributed by atoms with Gasteiger partial charge in [-0.1, -0.05) is 11.6 Å². The van der Waals surface area contributed by atoms with Crippen LogP contribution in [-0.4, -0.2) is 6.54 Å². The van der Waals surface area contributed by atoms with Gasteiger partial charge in [0.05, 0.1) is 3.70 Å². The van der Waals surface area contributed by atoms with Crippen LogP contribution in [0.3, 0.4) is 0 Å². The summed E-state index contributed by atoms with van der Waals surface area (Å²) >= 11 is 2.28. The summed E-state index contributed by atoms with van der Waals surface area (Å²) < 4.78 is 1.24. The van der Waals surface area contributed by atoms with Gasteiger partial charge in [-0.25, -0.2) is 0 Å². The van der Waals surface area contributed by atoms with Crippen LogP contribution in [-0.2, 0) is 0 Å².